The monoisotopic (exact) mass is 376 g/mol. The Morgan fingerprint density at radius 3 is 2.54 bits per heavy atom. The molecule has 0 bridgehead atoms. The Balaban J connectivity index is 1.78. The Bertz CT molecular complexity index is 726. The first-order valence-corrected chi connectivity index (χ1v) is 9.74. The fourth-order valence-electron chi connectivity index (χ4n) is 2.53. The Hall–Kier alpha value is -2.28. The maximum atomic E-state index is 12.0. The summed E-state index contributed by atoms with van der Waals surface area (Å²) in [6, 6.07) is 9.61. The van der Waals surface area contributed by atoms with Gasteiger partial charge in [-0.3, -0.25) is 9.59 Å². The van der Waals surface area contributed by atoms with Crippen LogP contribution in [0.3, 0.4) is 0 Å². The van der Waals surface area contributed by atoms with Gasteiger partial charge in [-0.1, -0.05) is 32.0 Å². The van der Waals surface area contributed by atoms with E-state index < -0.39 is 11.4 Å². The van der Waals surface area contributed by atoms with Gasteiger partial charge >= 0.3 is 5.97 Å². The van der Waals surface area contributed by atoms with E-state index in [1.807, 2.05) is 44.2 Å². The molecule has 7 heteroatoms. The number of carboxylic acids is 1. The van der Waals surface area contributed by atoms with Crippen molar-refractivity contribution < 1.29 is 19.1 Å². The van der Waals surface area contributed by atoms with Gasteiger partial charge < -0.3 is 14.8 Å². The van der Waals surface area contributed by atoms with E-state index in [-0.39, 0.29) is 18.2 Å². The highest BCUT2D eigenvalue weighted by molar-refractivity contribution is 7.99. The Morgan fingerprint density at radius 2 is 1.92 bits per heavy atom. The van der Waals surface area contributed by atoms with E-state index >= 15 is 0 Å². The number of carboxylic acid groups (broad SMARTS) is 1. The number of benzene rings is 1. The zero-order chi connectivity index (χ0) is 19.0. The molecule has 0 saturated heterocycles. The van der Waals surface area contributed by atoms with Crippen LogP contribution < -0.4 is 5.32 Å². The van der Waals surface area contributed by atoms with Crippen LogP contribution in [0.5, 0.6) is 0 Å². The highest BCUT2D eigenvalue weighted by Crippen LogP contribution is 2.26. The molecule has 1 amide bonds. The molecule has 2 aromatic rings. The summed E-state index contributed by atoms with van der Waals surface area (Å²) in [4.78, 5) is 27.8. The third-order valence-corrected chi connectivity index (χ3v) is 5.45. The number of hydrogen-bond donors (Lipinski definition) is 2. The Labute approximate surface area is 157 Å². The second-order valence-corrected chi connectivity index (χ2v) is 7.06. The lowest BCUT2D eigenvalue weighted by atomic mass is 9.82. The highest BCUT2D eigenvalue weighted by Gasteiger charge is 2.35. The fourth-order valence-corrected chi connectivity index (χ4v) is 3.26. The minimum Gasteiger partial charge on any atom is -0.481 e. The van der Waals surface area contributed by atoms with Crippen LogP contribution in [0.1, 0.15) is 32.4 Å². The van der Waals surface area contributed by atoms with Gasteiger partial charge in [-0.15, -0.1) is 11.8 Å². The van der Waals surface area contributed by atoms with Gasteiger partial charge in [0.2, 0.25) is 11.8 Å². The van der Waals surface area contributed by atoms with E-state index in [4.69, 9.17) is 4.42 Å². The minimum atomic E-state index is -0.892. The lowest BCUT2D eigenvalue weighted by Gasteiger charge is -2.26. The topological polar surface area (TPSA) is 92.4 Å². The number of aliphatic carboxylic acids is 1. The molecule has 1 aromatic heterocycles. The van der Waals surface area contributed by atoms with E-state index in [0.29, 0.717) is 24.5 Å². The molecule has 1 aromatic carbocycles. The van der Waals surface area contributed by atoms with Crippen LogP contribution in [0.2, 0.25) is 0 Å². The van der Waals surface area contributed by atoms with E-state index in [0.717, 1.165) is 11.3 Å². The van der Waals surface area contributed by atoms with Crippen molar-refractivity contribution in [1.82, 2.24) is 10.3 Å². The molecule has 0 saturated carbocycles. The summed E-state index contributed by atoms with van der Waals surface area (Å²) in [6.07, 6.45) is 2.55. The van der Waals surface area contributed by atoms with Crippen molar-refractivity contribution in [2.45, 2.75) is 32.4 Å². The summed E-state index contributed by atoms with van der Waals surface area (Å²) < 4.78 is 5.47. The van der Waals surface area contributed by atoms with Crippen LogP contribution in [0.15, 0.2) is 41.0 Å². The standard InChI is InChI=1S/C19H24N2O4S/c1-3-19(4-2,18(23)24)13-20-16(22)12-26-11-15-10-25-17(21-15)14-8-6-5-7-9-14/h5-10H,3-4,11-13H2,1-2H3,(H,20,22)(H,23,24). The lowest BCUT2D eigenvalue weighted by Crippen LogP contribution is -2.42. The molecule has 0 aliphatic carbocycles. The maximum Gasteiger partial charge on any atom is 0.311 e. The molecule has 0 spiro atoms. The normalized spacial score (nSPS) is 11.3. The molecule has 0 atom stereocenters. The fraction of sp³-hybridized carbons (Fsp3) is 0.421. The van der Waals surface area contributed by atoms with Crippen molar-refractivity contribution in [1.29, 1.82) is 0 Å². The average Bonchev–Trinajstić information content (AvgIpc) is 3.12. The number of thioether (sulfide) groups is 1. The van der Waals surface area contributed by atoms with Gasteiger partial charge in [-0.25, -0.2) is 4.98 Å². The predicted molar refractivity (Wildman–Crippen MR) is 102 cm³/mol. The minimum absolute atomic E-state index is 0.150. The summed E-state index contributed by atoms with van der Waals surface area (Å²) in [5, 5.41) is 12.1. The molecule has 6 nitrogen and oxygen atoms in total. The number of carbonyl (C=O) groups is 2. The second kappa shape index (κ2) is 9.43. The number of nitrogens with one attached hydrogen (secondary N) is 1. The van der Waals surface area contributed by atoms with Gasteiger partial charge in [0, 0.05) is 17.9 Å². The first kappa shape index (κ1) is 20.0. The summed E-state index contributed by atoms with van der Waals surface area (Å²) in [5.74, 6) is 0.315. The van der Waals surface area contributed by atoms with E-state index in [9.17, 15) is 14.7 Å². The van der Waals surface area contributed by atoms with E-state index in [2.05, 4.69) is 10.3 Å². The highest BCUT2D eigenvalue weighted by atomic mass is 32.2. The zero-order valence-corrected chi connectivity index (χ0v) is 15.8. The van der Waals surface area contributed by atoms with Crippen molar-refractivity contribution in [2.75, 3.05) is 12.3 Å². The first-order valence-electron chi connectivity index (χ1n) is 8.58. The average molecular weight is 376 g/mol. The number of rotatable bonds is 10. The number of oxazole rings is 1. The van der Waals surface area contributed by atoms with E-state index in [1.54, 1.807) is 6.26 Å². The number of amides is 1. The van der Waals surface area contributed by atoms with E-state index in [1.165, 1.54) is 11.8 Å². The molecule has 0 fully saturated rings. The van der Waals surface area contributed by atoms with Crippen LogP contribution in [-0.2, 0) is 15.3 Å². The van der Waals surface area contributed by atoms with Gasteiger partial charge in [-0.2, -0.15) is 0 Å². The smallest absolute Gasteiger partial charge is 0.311 e. The number of aromatic nitrogens is 1. The number of hydrogen-bond acceptors (Lipinski definition) is 5. The number of carbonyl (C=O) groups excluding carboxylic acids is 1. The molecule has 2 N–H and O–H groups in total. The van der Waals surface area contributed by atoms with Crippen LogP contribution in [0.25, 0.3) is 11.5 Å². The van der Waals surface area contributed by atoms with Crippen LogP contribution >= 0.6 is 11.8 Å². The third kappa shape index (κ3) is 5.11. The summed E-state index contributed by atoms with van der Waals surface area (Å²) in [7, 11) is 0. The molecular formula is C19H24N2O4S. The molecular weight excluding hydrogens is 352 g/mol. The molecule has 0 aliphatic heterocycles. The summed E-state index contributed by atoms with van der Waals surface area (Å²) in [5.41, 5.74) is 0.783. The lowest BCUT2D eigenvalue weighted by molar-refractivity contribution is -0.149. The predicted octanol–water partition coefficient (Wildman–Crippen LogP) is 3.58. The van der Waals surface area contributed by atoms with Crippen LogP contribution in [-0.4, -0.2) is 34.3 Å². The molecule has 0 unspecified atom stereocenters. The van der Waals surface area contributed by atoms with Crippen molar-refractivity contribution >= 4 is 23.6 Å². The largest absolute Gasteiger partial charge is 0.481 e. The van der Waals surface area contributed by atoms with Gasteiger partial charge in [-0.05, 0) is 25.0 Å². The summed E-state index contributed by atoms with van der Waals surface area (Å²) in [6.45, 7) is 3.80. The van der Waals surface area contributed by atoms with Crippen molar-refractivity contribution in [3.05, 3.63) is 42.3 Å². The van der Waals surface area contributed by atoms with Gasteiger partial charge in [0.1, 0.15) is 6.26 Å². The summed E-state index contributed by atoms with van der Waals surface area (Å²) >= 11 is 1.42. The Morgan fingerprint density at radius 1 is 1.23 bits per heavy atom. The van der Waals surface area contributed by atoms with Gasteiger partial charge in [0.05, 0.1) is 16.9 Å². The maximum absolute atomic E-state index is 12.0. The molecule has 0 aliphatic rings. The van der Waals surface area contributed by atoms with Gasteiger partial charge in [0.25, 0.3) is 0 Å². The number of nitrogens with zero attached hydrogens (tertiary/aromatic N) is 1. The molecule has 2 rings (SSSR count). The first-order chi connectivity index (χ1) is 12.5. The molecule has 1 heterocycles. The van der Waals surface area contributed by atoms with Crippen molar-refractivity contribution in [3.8, 4) is 11.5 Å². The van der Waals surface area contributed by atoms with Crippen LogP contribution in [0, 0.1) is 5.41 Å². The van der Waals surface area contributed by atoms with Crippen molar-refractivity contribution in [2.24, 2.45) is 5.41 Å². The Kier molecular flexibility index (Phi) is 7.26. The second-order valence-electron chi connectivity index (χ2n) is 6.07. The van der Waals surface area contributed by atoms with Gasteiger partial charge in [0.15, 0.2) is 0 Å². The molecule has 0 radical (unpaired) electrons. The SMILES string of the molecule is CCC(CC)(CNC(=O)CSCc1coc(-c2ccccc2)n1)C(=O)O. The molecule has 26 heavy (non-hydrogen) atoms. The van der Waals surface area contributed by atoms with Crippen molar-refractivity contribution in [3.63, 3.8) is 0 Å². The quantitative estimate of drug-likeness (QED) is 0.658. The van der Waals surface area contributed by atoms with Crippen LogP contribution in [0.4, 0.5) is 0 Å². The zero-order valence-electron chi connectivity index (χ0n) is 15.0. The molecule has 140 valence electrons. The third-order valence-electron chi connectivity index (χ3n) is 4.49.